The molecule has 0 aromatic heterocycles. The Kier molecular flexibility index (Phi) is 4.60. The van der Waals surface area contributed by atoms with Gasteiger partial charge in [-0.2, -0.15) is 10.1 Å². The van der Waals surface area contributed by atoms with Crippen LogP contribution in [0.15, 0.2) is 40.3 Å². The third-order valence-electron chi connectivity index (χ3n) is 4.15. The third-order valence-corrected chi connectivity index (χ3v) is 4.15. The van der Waals surface area contributed by atoms with Gasteiger partial charge in [0.15, 0.2) is 17.2 Å². The van der Waals surface area contributed by atoms with Crippen LogP contribution in [0.2, 0.25) is 0 Å². The zero-order valence-electron chi connectivity index (χ0n) is 15.3. The number of aliphatic imine (C=N–C) groups is 2. The van der Waals surface area contributed by atoms with Gasteiger partial charge in [0, 0.05) is 5.56 Å². The summed E-state index contributed by atoms with van der Waals surface area (Å²) < 4.78 is 11.1. The molecule has 8 nitrogen and oxygen atoms in total. The molecular formula is C18H23N5O3. The number of hydrogen-bond donors (Lipinski definition) is 2. The van der Waals surface area contributed by atoms with Gasteiger partial charge in [-0.1, -0.05) is 24.3 Å². The summed E-state index contributed by atoms with van der Waals surface area (Å²) >= 11 is 0. The molecule has 0 radical (unpaired) electrons. The number of hydroxylamine groups is 2. The minimum absolute atomic E-state index is 0.122. The van der Waals surface area contributed by atoms with E-state index < -0.39 is 5.66 Å². The first-order valence-corrected chi connectivity index (χ1v) is 8.12. The molecule has 4 N–H and O–H groups in total. The van der Waals surface area contributed by atoms with Gasteiger partial charge >= 0.3 is 0 Å². The lowest BCUT2D eigenvalue weighted by atomic mass is 10.0. The Balaban J connectivity index is 2.00. The van der Waals surface area contributed by atoms with Gasteiger partial charge in [-0.25, -0.2) is 4.99 Å². The molecule has 2 aromatic carbocycles. The highest BCUT2D eigenvalue weighted by Gasteiger charge is 2.33. The van der Waals surface area contributed by atoms with Crippen molar-refractivity contribution >= 4 is 22.7 Å². The third kappa shape index (κ3) is 3.11. The van der Waals surface area contributed by atoms with Crippen molar-refractivity contribution in [1.82, 2.24) is 5.06 Å². The number of guanidine groups is 2. The predicted octanol–water partition coefficient (Wildman–Crippen LogP) is 1.97. The van der Waals surface area contributed by atoms with Crippen LogP contribution in [0.4, 0.5) is 0 Å². The van der Waals surface area contributed by atoms with Crippen molar-refractivity contribution in [1.29, 1.82) is 0 Å². The van der Waals surface area contributed by atoms with Crippen molar-refractivity contribution in [2.45, 2.75) is 26.1 Å². The monoisotopic (exact) mass is 357 g/mol. The molecule has 0 fully saturated rings. The highest BCUT2D eigenvalue weighted by molar-refractivity contribution is 5.95. The number of benzene rings is 2. The molecule has 0 amide bonds. The van der Waals surface area contributed by atoms with Gasteiger partial charge in [-0.15, -0.1) is 0 Å². The van der Waals surface area contributed by atoms with E-state index in [1.807, 2.05) is 44.2 Å². The standard InChI is InChI=1S/C18H23N5O3/c1-18(2)22-16(19)21-17(20)23(18)26-10-13-12-8-6-5-7-11(12)9-14(24-3)15(13)25-4/h5-9H,10H2,1-4H3,(H4,19,20,21,22). The summed E-state index contributed by atoms with van der Waals surface area (Å²) in [6, 6.07) is 9.87. The molecule has 2 aromatic rings. The van der Waals surface area contributed by atoms with E-state index in [4.69, 9.17) is 25.8 Å². The minimum atomic E-state index is -0.780. The zero-order valence-corrected chi connectivity index (χ0v) is 15.3. The second-order valence-corrected chi connectivity index (χ2v) is 6.31. The maximum absolute atomic E-state index is 5.98. The van der Waals surface area contributed by atoms with Gasteiger partial charge in [0.05, 0.1) is 14.2 Å². The average molecular weight is 357 g/mol. The molecule has 0 saturated carbocycles. The first-order chi connectivity index (χ1) is 12.4. The highest BCUT2D eigenvalue weighted by atomic mass is 16.7. The van der Waals surface area contributed by atoms with Crippen molar-refractivity contribution in [3.63, 3.8) is 0 Å². The topological polar surface area (TPSA) is 108 Å². The highest BCUT2D eigenvalue weighted by Crippen LogP contribution is 2.38. The fourth-order valence-electron chi connectivity index (χ4n) is 3.04. The van der Waals surface area contributed by atoms with E-state index in [2.05, 4.69) is 9.98 Å². The maximum atomic E-state index is 5.98. The van der Waals surface area contributed by atoms with E-state index in [9.17, 15) is 0 Å². The normalized spacial score (nSPS) is 16.2. The molecule has 0 saturated heterocycles. The second-order valence-electron chi connectivity index (χ2n) is 6.31. The van der Waals surface area contributed by atoms with Crippen molar-refractivity contribution in [2.75, 3.05) is 14.2 Å². The molecule has 0 spiro atoms. The van der Waals surface area contributed by atoms with Crippen LogP contribution in [0.3, 0.4) is 0 Å². The van der Waals surface area contributed by atoms with E-state index in [0.29, 0.717) is 11.5 Å². The van der Waals surface area contributed by atoms with Crippen molar-refractivity contribution in [3.05, 3.63) is 35.9 Å². The van der Waals surface area contributed by atoms with E-state index in [-0.39, 0.29) is 18.5 Å². The summed E-state index contributed by atoms with van der Waals surface area (Å²) in [6.07, 6.45) is 0. The lowest BCUT2D eigenvalue weighted by Crippen LogP contribution is -2.53. The molecule has 138 valence electrons. The van der Waals surface area contributed by atoms with Crippen LogP contribution in [0, 0.1) is 0 Å². The molecule has 1 heterocycles. The van der Waals surface area contributed by atoms with Crippen molar-refractivity contribution in [3.8, 4) is 11.5 Å². The lowest BCUT2D eigenvalue weighted by Gasteiger charge is -2.36. The van der Waals surface area contributed by atoms with E-state index in [1.54, 1.807) is 14.2 Å². The molecule has 8 heteroatoms. The predicted molar refractivity (Wildman–Crippen MR) is 101 cm³/mol. The number of nitrogens with two attached hydrogens (primary N) is 2. The smallest absolute Gasteiger partial charge is 0.226 e. The van der Waals surface area contributed by atoms with Gasteiger partial charge in [0.2, 0.25) is 11.9 Å². The van der Waals surface area contributed by atoms with Gasteiger partial charge in [0.1, 0.15) is 6.61 Å². The summed E-state index contributed by atoms with van der Waals surface area (Å²) in [6.45, 7) is 3.86. The zero-order chi connectivity index (χ0) is 18.9. The largest absolute Gasteiger partial charge is 0.493 e. The van der Waals surface area contributed by atoms with Crippen LogP contribution < -0.4 is 20.9 Å². The summed E-state index contributed by atoms with van der Waals surface area (Å²) in [5.41, 5.74) is 11.7. The number of ether oxygens (including phenoxy) is 2. The van der Waals surface area contributed by atoms with Gasteiger partial charge in [-0.05, 0) is 30.7 Å². The van der Waals surface area contributed by atoms with Crippen molar-refractivity contribution < 1.29 is 14.3 Å². The van der Waals surface area contributed by atoms with Crippen LogP contribution in [0.25, 0.3) is 10.8 Å². The van der Waals surface area contributed by atoms with E-state index in [1.165, 1.54) is 5.06 Å². The molecule has 1 aliphatic heterocycles. The van der Waals surface area contributed by atoms with Gasteiger partial charge < -0.3 is 20.9 Å². The van der Waals surface area contributed by atoms with Gasteiger partial charge in [0.25, 0.3) is 0 Å². The summed E-state index contributed by atoms with van der Waals surface area (Å²) in [5, 5.41) is 3.46. The Morgan fingerprint density at radius 2 is 1.85 bits per heavy atom. The summed E-state index contributed by atoms with van der Waals surface area (Å²) in [4.78, 5) is 14.2. The van der Waals surface area contributed by atoms with Crippen LogP contribution in [0.5, 0.6) is 11.5 Å². The second kappa shape index (κ2) is 6.72. The molecular weight excluding hydrogens is 334 g/mol. The molecule has 0 bridgehead atoms. The molecule has 0 aliphatic carbocycles. The van der Waals surface area contributed by atoms with Crippen LogP contribution in [-0.4, -0.2) is 36.9 Å². The van der Waals surface area contributed by atoms with Crippen LogP contribution >= 0.6 is 0 Å². The van der Waals surface area contributed by atoms with E-state index >= 15 is 0 Å². The first kappa shape index (κ1) is 17.8. The molecule has 0 atom stereocenters. The Labute approximate surface area is 152 Å². The lowest BCUT2D eigenvalue weighted by molar-refractivity contribution is -0.166. The van der Waals surface area contributed by atoms with Crippen LogP contribution in [0.1, 0.15) is 19.4 Å². The molecule has 0 unspecified atom stereocenters. The fourth-order valence-corrected chi connectivity index (χ4v) is 3.04. The quantitative estimate of drug-likeness (QED) is 0.847. The number of rotatable bonds is 5. The number of hydrogen-bond acceptors (Lipinski definition) is 8. The number of nitrogens with zero attached hydrogens (tertiary/aromatic N) is 3. The molecule has 3 rings (SSSR count). The fraction of sp³-hybridized carbons (Fsp3) is 0.333. The number of methoxy groups -OCH3 is 2. The SMILES string of the molecule is COc1cc2ccccc2c(CON2C(N)=NC(N)=NC2(C)C)c1OC. The minimum Gasteiger partial charge on any atom is -0.493 e. The van der Waals surface area contributed by atoms with E-state index in [0.717, 1.165) is 16.3 Å². The number of fused-ring (bicyclic) bond motifs is 1. The Morgan fingerprint density at radius 1 is 1.12 bits per heavy atom. The Bertz CT molecular complexity index is 892. The first-order valence-electron chi connectivity index (χ1n) is 8.12. The average Bonchev–Trinajstić information content (AvgIpc) is 2.59. The Morgan fingerprint density at radius 3 is 2.50 bits per heavy atom. The summed E-state index contributed by atoms with van der Waals surface area (Å²) in [7, 11) is 3.20. The maximum Gasteiger partial charge on any atom is 0.226 e. The molecule has 26 heavy (non-hydrogen) atoms. The summed E-state index contributed by atoms with van der Waals surface area (Å²) in [5.74, 6) is 1.51. The van der Waals surface area contributed by atoms with Crippen molar-refractivity contribution in [2.24, 2.45) is 21.5 Å². The Hall–Kier alpha value is -3.00. The van der Waals surface area contributed by atoms with Crippen LogP contribution in [-0.2, 0) is 11.4 Å². The molecule has 1 aliphatic rings. The van der Waals surface area contributed by atoms with Gasteiger partial charge in [-0.3, -0.25) is 4.84 Å².